The third-order valence-electron chi connectivity index (χ3n) is 6.33. The van der Waals surface area contributed by atoms with Crippen molar-refractivity contribution in [2.24, 2.45) is 0 Å². The zero-order valence-electron chi connectivity index (χ0n) is 19.8. The Kier molecular flexibility index (Phi) is 7.07. The maximum Gasteiger partial charge on any atom is 0.418 e. The van der Waals surface area contributed by atoms with E-state index in [4.69, 9.17) is 5.11 Å². The zero-order valence-corrected chi connectivity index (χ0v) is 19.8. The number of amides is 1. The van der Waals surface area contributed by atoms with Gasteiger partial charge in [0.25, 0.3) is 6.43 Å². The van der Waals surface area contributed by atoms with Crippen molar-refractivity contribution in [3.05, 3.63) is 76.2 Å². The van der Waals surface area contributed by atoms with Crippen LogP contribution in [-0.4, -0.2) is 34.2 Å². The number of hydrogen-bond donors (Lipinski definition) is 2. The molecule has 1 aliphatic rings. The van der Waals surface area contributed by atoms with Gasteiger partial charge in [-0.3, -0.25) is 4.98 Å². The molecule has 0 bridgehead atoms. The van der Waals surface area contributed by atoms with Crippen LogP contribution in [0.1, 0.15) is 53.8 Å². The van der Waals surface area contributed by atoms with E-state index < -0.39 is 41.7 Å². The first kappa shape index (κ1) is 26.3. The largest absolute Gasteiger partial charge is 0.465 e. The first-order chi connectivity index (χ1) is 17.4. The molecule has 1 aliphatic heterocycles. The van der Waals surface area contributed by atoms with Gasteiger partial charge >= 0.3 is 12.3 Å². The molecule has 11 heteroatoms. The fourth-order valence-corrected chi connectivity index (χ4v) is 4.46. The molecule has 1 atom stereocenters. The van der Waals surface area contributed by atoms with Gasteiger partial charge in [-0.25, -0.2) is 18.0 Å². The summed E-state index contributed by atoms with van der Waals surface area (Å²) in [6.45, 7) is 3.21. The van der Waals surface area contributed by atoms with Crippen molar-refractivity contribution in [3.63, 3.8) is 0 Å². The smallest absolute Gasteiger partial charge is 0.418 e. The summed E-state index contributed by atoms with van der Waals surface area (Å²) in [5, 5.41) is 12.3. The Morgan fingerprint density at radius 1 is 1.16 bits per heavy atom. The molecule has 196 valence electrons. The van der Waals surface area contributed by atoms with Crippen LogP contribution < -0.4 is 5.32 Å². The highest BCUT2D eigenvalue weighted by Gasteiger charge is 2.35. The molecule has 0 saturated heterocycles. The molecule has 4 rings (SSSR count). The lowest BCUT2D eigenvalue weighted by atomic mass is 9.94. The van der Waals surface area contributed by atoms with E-state index in [9.17, 15) is 31.1 Å². The maximum absolute atomic E-state index is 14.8. The third kappa shape index (κ3) is 5.35. The molecule has 2 heterocycles. The summed E-state index contributed by atoms with van der Waals surface area (Å²) in [5.74, 6) is -1.08. The monoisotopic (exact) mass is 523 g/mol. The summed E-state index contributed by atoms with van der Waals surface area (Å²) < 4.78 is 83.5. The Morgan fingerprint density at radius 2 is 1.86 bits per heavy atom. The number of alkyl halides is 5. The fourth-order valence-electron chi connectivity index (χ4n) is 4.46. The fraction of sp³-hybridized carbons (Fsp3) is 0.308. The Balaban J connectivity index is 1.83. The second kappa shape index (κ2) is 9.95. The Morgan fingerprint density at radius 3 is 2.46 bits per heavy atom. The lowest BCUT2D eigenvalue weighted by molar-refractivity contribution is -0.136. The van der Waals surface area contributed by atoms with Crippen molar-refractivity contribution in [3.8, 4) is 0 Å². The molecule has 1 amide bonds. The summed E-state index contributed by atoms with van der Waals surface area (Å²) in [4.78, 5) is 16.5. The first-order valence-electron chi connectivity index (χ1n) is 11.4. The third-order valence-corrected chi connectivity index (χ3v) is 6.33. The second-order valence-corrected chi connectivity index (χ2v) is 8.85. The lowest BCUT2D eigenvalue weighted by Crippen LogP contribution is -2.33. The van der Waals surface area contributed by atoms with Gasteiger partial charge in [-0.15, -0.1) is 0 Å². The molecule has 1 unspecified atom stereocenters. The highest BCUT2D eigenvalue weighted by molar-refractivity contribution is 5.96. The van der Waals surface area contributed by atoms with Gasteiger partial charge in [0.2, 0.25) is 0 Å². The number of nitrogens with zero attached hydrogens (tertiary/aromatic N) is 2. The van der Waals surface area contributed by atoms with Crippen LogP contribution in [0.3, 0.4) is 0 Å². The average Bonchev–Trinajstić information content (AvgIpc) is 2.82. The number of halogens is 6. The van der Waals surface area contributed by atoms with E-state index in [0.717, 1.165) is 17.0 Å². The van der Waals surface area contributed by atoms with E-state index in [0.29, 0.717) is 5.57 Å². The molecule has 0 saturated carbocycles. The molecule has 2 aromatic carbocycles. The van der Waals surface area contributed by atoms with Crippen LogP contribution in [-0.2, 0) is 6.18 Å². The van der Waals surface area contributed by atoms with E-state index in [1.165, 1.54) is 38.1 Å². The van der Waals surface area contributed by atoms with E-state index in [1.54, 1.807) is 6.08 Å². The minimum Gasteiger partial charge on any atom is -0.465 e. The van der Waals surface area contributed by atoms with Gasteiger partial charge in [-0.05, 0) is 49.6 Å². The number of pyridine rings is 1. The predicted octanol–water partition coefficient (Wildman–Crippen LogP) is 7.58. The van der Waals surface area contributed by atoms with Crippen LogP contribution in [0.5, 0.6) is 0 Å². The normalized spacial score (nSPS) is 15.2. The summed E-state index contributed by atoms with van der Waals surface area (Å²) in [6.07, 6.45) is -7.08. The van der Waals surface area contributed by atoms with E-state index in [-0.39, 0.29) is 52.9 Å². The predicted molar refractivity (Wildman–Crippen MR) is 127 cm³/mol. The van der Waals surface area contributed by atoms with Gasteiger partial charge in [-0.2, -0.15) is 13.2 Å². The average molecular weight is 523 g/mol. The molecular formula is C26H23F6N3O2. The standard InChI is InChI=1S/C26H23F6N3O2/c1-13-10-21(34-14(2)17-4-3-5-18(22(17)27)24(28)29)19-11-16(12-20(23(19)33-13)26(30,31)32)15-6-8-35(9-7-15)25(36)37/h3-6,10-12,14,24H,7-9H2,1-2H3,(H,33,34)(H,36,37). The molecule has 3 aromatic rings. The van der Waals surface area contributed by atoms with Gasteiger partial charge in [0.05, 0.1) is 22.7 Å². The van der Waals surface area contributed by atoms with Crippen LogP contribution in [0.2, 0.25) is 0 Å². The van der Waals surface area contributed by atoms with Crippen molar-refractivity contribution >= 4 is 28.3 Å². The van der Waals surface area contributed by atoms with Crippen molar-refractivity contribution in [1.29, 1.82) is 0 Å². The van der Waals surface area contributed by atoms with Gasteiger partial charge in [0, 0.05) is 35.4 Å². The number of hydrogen-bond acceptors (Lipinski definition) is 3. The summed E-state index contributed by atoms with van der Waals surface area (Å²) in [6, 6.07) is 6.79. The van der Waals surface area contributed by atoms with Crippen molar-refractivity contribution in [1.82, 2.24) is 9.88 Å². The molecule has 0 radical (unpaired) electrons. The molecule has 37 heavy (non-hydrogen) atoms. The molecular weight excluding hydrogens is 500 g/mol. The highest BCUT2D eigenvalue weighted by Crippen LogP contribution is 2.40. The number of fused-ring (bicyclic) bond motifs is 1. The number of nitrogens with one attached hydrogen (secondary N) is 1. The Hall–Kier alpha value is -3.76. The number of benzene rings is 2. The molecule has 5 nitrogen and oxygen atoms in total. The van der Waals surface area contributed by atoms with Crippen LogP contribution in [0, 0.1) is 12.7 Å². The number of anilines is 1. The van der Waals surface area contributed by atoms with Gasteiger partial charge in [0.1, 0.15) is 5.82 Å². The Bertz CT molecular complexity index is 1390. The van der Waals surface area contributed by atoms with Gasteiger partial charge in [-0.1, -0.05) is 24.3 Å². The quantitative estimate of drug-likeness (QED) is 0.339. The minimum absolute atomic E-state index is 0.0398. The maximum atomic E-state index is 14.8. The van der Waals surface area contributed by atoms with Gasteiger partial charge in [0.15, 0.2) is 0 Å². The minimum atomic E-state index is -4.74. The summed E-state index contributed by atoms with van der Waals surface area (Å²) in [5.41, 5.74) is -0.774. The number of rotatable bonds is 5. The number of aromatic nitrogens is 1. The van der Waals surface area contributed by atoms with E-state index in [1.807, 2.05) is 0 Å². The number of carboxylic acid groups (broad SMARTS) is 1. The highest BCUT2D eigenvalue weighted by atomic mass is 19.4. The van der Waals surface area contributed by atoms with Crippen molar-refractivity contribution in [2.75, 3.05) is 18.4 Å². The molecule has 2 N–H and O–H groups in total. The summed E-state index contributed by atoms with van der Waals surface area (Å²) >= 11 is 0. The van der Waals surface area contributed by atoms with Crippen molar-refractivity contribution < 1.29 is 36.2 Å². The molecule has 1 aromatic heterocycles. The first-order valence-corrected chi connectivity index (χ1v) is 11.4. The lowest BCUT2D eigenvalue weighted by Gasteiger charge is -2.25. The molecule has 0 spiro atoms. The number of aryl methyl sites for hydroxylation is 1. The Labute approximate surface area is 208 Å². The van der Waals surface area contributed by atoms with E-state index >= 15 is 0 Å². The summed E-state index contributed by atoms with van der Waals surface area (Å²) in [7, 11) is 0. The zero-order chi connectivity index (χ0) is 27.1. The van der Waals surface area contributed by atoms with Gasteiger partial charge < -0.3 is 15.3 Å². The topological polar surface area (TPSA) is 65.5 Å². The molecule has 0 aliphatic carbocycles. The SMILES string of the molecule is Cc1cc(NC(C)c2cccc(C(F)F)c2F)c2cc(C3=CCN(C(=O)O)CC3)cc(C(F)(F)F)c2n1. The van der Waals surface area contributed by atoms with Crippen LogP contribution in [0.25, 0.3) is 16.5 Å². The van der Waals surface area contributed by atoms with Crippen LogP contribution in [0.15, 0.2) is 42.5 Å². The van der Waals surface area contributed by atoms with Crippen molar-refractivity contribution in [2.45, 2.75) is 38.9 Å². The van der Waals surface area contributed by atoms with Crippen LogP contribution in [0.4, 0.5) is 36.8 Å². The van der Waals surface area contributed by atoms with Crippen LogP contribution >= 0.6 is 0 Å². The molecule has 0 fully saturated rings. The van der Waals surface area contributed by atoms with E-state index in [2.05, 4.69) is 10.3 Å². The number of carbonyl (C=O) groups is 1. The second-order valence-electron chi connectivity index (χ2n) is 8.85.